The molecule has 0 fully saturated rings. The van der Waals surface area contributed by atoms with Crippen LogP contribution in [0.3, 0.4) is 0 Å². The number of unbranched alkanes of at least 4 members (excludes halogenated alkanes) is 2. The van der Waals surface area contributed by atoms with Crippen LogP contribution in [-0.2, 0) is 16.0 Å². The van der Waals surface area contributed by atoms with Gasteiger partial charge in [-0.25, -0.2) is 9.59 Å². The summed E-state index contributed by atoms with van der Waals surface area (Å²) in [5.41, 5.74) is 2.80. The molecule has 0 amide bonds. The molecule has 0 saturated carbocycles. The van der Waals surface area contributed by atoms with Gasteiger partial charge in [0.1, 0.15) is 5.75 Å². The van der Waals surface area contributed by atoms with Gasteiger partial charge in [0.05, 0.1) is 27.9 Å². The molecule has 218 valence electrons. The summed E-state index contributed by atoms with van der Waals surface area (Å²) in [4.78, 5) is 34.2. The molecule has 0 bridgehead atoms. The van der Waals surface area contributed by atoms with Gasteiger partial charge in [0.25, 0.3) is 0 Å². The lowest BCUT2D eigenvalue weighted by molar-refractivity contribution is -0.159. The van der Waals surface area contributed by atoms with Gasteiger partial charge < -0.3 is 24.3 Å². The predicted octanol–water partition coefficient (Wildman–Crippen LogP) is 6.87. The first-order chi connectivity index (χ1) is 19.2. The molecule has 2 heterocycles. The van der Waals surface area contributed by atoms with Gasteiger partial charge in [0.2, 0.25) is 5.78 Å². The van der Waals surface area contributed by atoms with Crippen molar-refractivity contribution in [2.45, 2.75) is 59.3 Å². The number of ether oxygens (including phenoxy) is 1. The Morgan fingerprint density at radius 1 is 0.900 bits per heavy atom. The Bertz CT molecular complexity index is 1270. The number of hydrogen-bond acceptors (Lipinski definition) is 5. The Hall–Kier alpha value is -3.07. The largest absolute Gasteiger partial charge is 0.492 e. The lowest BCUT2D eigenvalue weighted by Crippen LogP contribution is -2.28. The second-order valence-electron chi connectivity index (χ2n) is 9.29. The number of pyridine rings is 1. The van der Waals surface area contributed by atoms with Crippen LogP contribution in [0.4, 0.5) is 0 Å². The smallest absolute Gasteiger partial charge is 0.414 e. The van der Waals surface area contributed by atoms with Crippen LogP contribution in [0.25, 0.3) is 5.52 Å². The molecule has 2 N–H and O–H groups in total. The fourth-order valence-corrected chi connectivity index (χ4v) is 4.87. The first-order valence-electron chi connectivity index (χ1n) is 13.6. The van der Waals surface area contributed by atoms with E-state index in [9.17, 15) is 4.79 Å². The first kappa shape index (κ1) is 33.1. The van der Waals surface area contributed by atoms with Crippen molar-refractivity contribution in [1.82, 2.24) is 9.30 Å². The molecular formula is C30H38Cl2N2O6. The summed E-state index contributed by atoms with van der Waals surface area (Å²) < 4.78 is 7.83. The Morgan fingerprint density at radius 2 is 1.52 bits per heavy atom. The number of ketones is 1. The summed E-state index contributed by atoms with van der Waals surface area (Å²) in [5.74, 6) is -3.13. The second kappa shape index (κ2) is 16.9. The number of aromatic nitrogens is 1. The zero-order chi connectivity index (χ0) is 29.7. The Balaban J connectivity index is 0.000000840. The van der Waals surface area contributed by atoms with Crippen LogP contribution in [0.15, 0.2) is 42.6 Å². The van der Waals surface area contributed by atoms with Gasteiger partial charge in [0.15, 0.2) is 0 Å². The molecular weight excluding hydrogens is 555 g/mol. The lowest BCUT2D eigenvalue weighted by Gasteiger charge is -2.22. The maximum absolute atomic E-state index is 13.4. The summed E-state index contributed by atoms with van der Waals surface area (Å²) in [6, 6.07) is 11.0. The van der Waals surface area contributed by atoms with Gasteiger partial charge in [-0.05, 0) is 69.1 Å². The maximum atomic E-state index is 13.4. The van der Waals surface area contributed by atoms with Crippen LogP contribution in [-0.4, -0.2) is 63.5 Å². The molecule has 0 aliphatic heterocycles. The van der Waals surface area contributed by atoms with Gasteiger partial charge in [-0.15, -0.1) is 0 Å². The Labute approximate surface area is 245 Å². The number of carboxylic acids is 2. The molecule has 2 aromatic heterocycles. The summed E-state index contributed by atoms with van der Waals surface area (Å²) in [6.07, 6.45) is 8.37. The van der Waals surface area contributed by atoms with Gasteiger partial charge in [-0.3, -0.25) is 4.79 Å². The number of carbonyl (C=O) groups excluding carboxylic acids is 1. The molecule has 0 aliphatic carbocycles. The van der Waals surface area contributed by atoms with Crippen LogP contribution in [0.5, 0.6) is 5.75 Å². The van der Waals surface area contributed by atoms with Crippen molar-refractivity contribution in [3.05, 3.63) is 69.5 Å². The number of aliphatic carboxylic acids is 2. The third kappa shape index (κ3) is 9.25. The molecule has 3 rings (SSSR count). The van der Waals surface area contributed by atoms with Crippen molar-refractivity contribution >= 4 is 46.4 Å². The van der Waals surface area contributed by atoms with Gasteiger partial charge >= 0.3 is 11.9 Å². The number of hydrogen-bond donors (Lipinski definition) is 2. The van der Waals surface area contributed by atoms with Crippen LogP contribution in [0, 0.1) is 0 Å². The second-order valence-corrected chi connectivity index (χ2v) is 10.1. The van der Waals surface area contributed by atoms with Crippen molar-refractivity contribution in [2.75, 3.05) is 26.2 Å². The zero-order valence-electron chi connectivity index (χ0n) is 23.3. The number of carboxylic acid groups (broad SMARTS) is 2. The van der Waals surface area contributed by atoms with E-state index in [1.807, 2.05) is 35.7 Å². The summed E-state index contributed by atoms with van der Waals surface area (Å²) in [5, 5.41) is 15.9. The van der Waals surface area contributed by atoms with Crippen molar-refractivity contribution in [2.24, 2.45) is 0 Å². The van der Waals surface area contributed by atoms with Crippen molar-refractivity contribution in [3.63, 3.8) is 0 Å². The van der Waals surface area contributed by atoms with Crippen LogP contribution in [0.2, 0.25) is 10.0 Å². The number of carbonyl (C=O) groups is 3. The molecule has 0 unspecified atom stereocenters. The highest BCUT2D eigenvalue weighted by Crippen LogP contribution is 2.32. The average Bonchev–Trinajstić information content (AvgIpc) is 3.23. The number of nitrogens with zero attached hydrogens (tertiary/aromatic N) is 2. The van der Waals surface area contributed by atoms with E-state index in [1.165, 1.54) is 25.7 Å². The quantitative estimate of drug-likeness (QED) is 0.119. The standard InChI is InChI=1S/C28H36Cl2N2O2.C2H2O4/c1-4-7-15-31(16-8-5-2)17-11-19-34-25-14-13-21(20-23(25)29)28(33)27-22(6-3)26(30)24-12-9-10-18-32(24)27;3-1(4)2(5)6/h9-10,12-14,18,20H,4-8,11,15-17,19H2,1-3H3;(H,3,4)(H,5,6). The molecule has 0 saturated heterocycles. The molecule has 3 aromatic rings. The Kier molecular flexibility index (Phi) is 14.0. The van der Waals surface area contributed by atoms with Gasteiger partial charge in [-0.2, -0.15) is 0 Å². The minimum Gasteiger partial charge on any atom is -0.492 e. The molecule has 10 heteroatoms. The van der Waals surface area contributed by atoms with Crippen LogP contribution in [0.1, 0.15) is 74.5 Å². The van der Waals surface area contributed by atoms with Crippen molar-refractivity contribution in [3.8, 4) is 5.75 Å². The molecule has 0 spiro atoms. The molecule has 0 atom stereocenters. The SMILES string of the molecule is CCCCN(CCCC)CCCOc1ccc(C(=O)c2c(CC)c(Cl)c3ccccn23)cc1Cl.O=C(O)C(=O)O. The van der Waals surface area contributed by atoms with E-state index >= 15 is 0 Å². The van der Waals surface area contributed by atoms with E-state index in [1.54, 1.807) is 18.2 Å². The first-order valence-corrected chi connectivity index (χ1v) is 14.3. The molecule has 0 aliphatic rings. The highest BCUT2D eigenvalue weighted by molar-refractivity contribution is 6.36. The minimum absolute atomic E-state index is 0.0964. The summed E-state index contributed by atoms with van der Waals surface area (Å²) >= 11 is 13.1. The van der Waals surface area contributed by atoms with E-state index in [0.717, 1.165) is 37.1 Å². The molecule has 1 aromatic carbocycles. The lowest BCUT2D eigenvalue weighted by atomic mass is 10.0. The molecule has 8 nitrogen and oxygen atoms in total. The van der Waals surface area contributed by atoms with Gasteiger partial charge in [-0.1, -0.05) is 62.9 Å². The fourth-order valence-electron chi connectivity index (χ4n) is 4.25. The van der Waals surface area contributed by atoms with Crippen LogP contribution < -0.4 is 4.74 Å². The monoisotopic (exact) mass is 592 g/mol. The van der Waals surface area contributed by atoms with E-state index in [2.05, 4.69) is 18.7 Å². The van der Waals surface area contributed by atoms with Gasteiger partial charge in [0, 0.05) is 23.9 Å². The minimum atomic E-state index is -1.82. The van der Waals surface area contributed by atoms with Crippen molar-refractivity contribution < 1.29 is 29.3 Å². The summed E-state index contributed by atoms with van der Waals surface area (Å²) in [6.45, 7) is 10.4. The van der Waals surface area contributed by atoms with E-state index in [-0.39, 0.29) is 5.78 Å². The third-order valence-electron chi connectivity index (χ3n) is 6.35. The van der Waals surface area contributed by atoms with E-state index in [4.69, 9.17) is 47.7 Å². The normalized spacial score (nSPS) is 10.8. The maximum Gasteiger partial charge on any atom is 0.414 e. The number of fused-ring (bicyclic) bond motifs is 1. The highest BCUT2D eigenvalue weighted by atomic mass is 35.5. The Morgan fingerprint density at radius 3 is 2.08 bits per heavy atom. The third-order valence-corrected chi connectivity index (χ3v) is 7.07. The fraction of sp³-hybridized carbons (Fsp3) is 0.433. The topological polar surface area (TPSA) is 109 Å². The van der Waals surface area contributed by atoms with Crippen molar-refractivity contribution in [1.29, 1.82) is 0 Å². The number of benzene rings is 1. The molecule has 40 heavy (non-hydrogen) atoms. The number of halogens is 2. The average molecular weight is 594 g/mol. The molecule has 0 radical (unpaired) electrons. The predicted molar refractivity (Wildman–Crippen MR) is 158 cm³/mol. The highest BCUT2D eigenvalue weighted by Gasteiger charge is 2.23. The summed E-state index contributed by atoms with van der Waals surface area (Å²) in [7, 11) is 0. The zero-order valence-corrected chi connectivity index (χ0v) is 24.8. The van der Waals surface area contributed by atoms with Crippen LogP contribution >= 0.6 is 23.2 Å². The van der Waals surface area contributed by atoms with E-state index in [0.29, 0.717) is 40.1 Å². The number of rotatable bonds is 14. The van der Waals surface area contributed by atoms with E-state index < -0.39 is 11.9 Å².